The van der Waals surface area contributed by atoms with Gasteiger partial charge in [0.05, 0.1) is 12.7 Å². The van der Waals surface area contributed by atoms with E-state index in [0.29, 0.717) is 11.4 Å². The maximum Gasteiger partial charge on any atom is 0.0654 e. The first-order valence-corrected chi connectivity index (χ1v) is 5.76. The Labute approximate surface area is 86.9 Å². The maximum absolute atomic E-state index is 5.56. The lowest BCUT2D eigenvalue weighted by atomic mass is 10.1. The third-order valence-electron chi connectivity index (χ3n) is 1.35. The summed E-state index contributed by atoms with van der Waals surface area (Å²) in [5.74, 6) is 0. The van der Waals surface area contributed by atoms with Crippen LogP contribution in [0.3, 0.4) is 0 Å². The molecule has 13 heavy (non-hydrogen) atoms. The molecule has 0 saturated heterocycles. The van der Waals surface area contributed by atoms with Crippen molar-refractivity contribution in [3.63, 3.8) is 0 Å². The van der Waals surface area contributed by atoms with E-state index in [1.165, 1.54) is 0 Å². The van der Waals surface area contributed by atoms with Crippen molar-refractivity contribution in [1.82, 2.24) is 4.72 Å². The third kappa shape index (κ3) is 8.60. The normalized spacial score (nSPS) is 12.9. The fraction of sp³-hybridized carbons (Fsp3) is 1.00. The van der Waals surface area contributed by atoms with Crippen LogP contribution in [0, 0.1) is 0 Å². The predicted octanol–water partition coefficient (Wildman–Crippen LogP) is 2.84. The molecule has 0 amide bonds. The summed E-state index contributed by atoms with van der Waals surface area (Å²) in [7, 11) is 0. The van der Waals surface area contributed by atoms with E-state index in [1.54, 1.807) is 11.9 Å². The molecule has 0 rings (SSSR count). The van der Waals surface area contributed by atoms with Gasteiger partial charge in [0, 0.05) is 10.8 Å². The van der Waals surface area contributed by atoms with Crippen LogP contribution in [0.5, 0.6) is 0 Å². The summed E-state index contributed by atoms with van der Waals surface area (Å²) in [6.07, 6.45) is 0.310. The molecule has 0 radical (unpaired) electrons. The molecule has 0 atom stereocenters. The molecular weight excluding hydrogens is 182 g/mol. The van der Waals surface area contributed by atoms with Gasteiger partial charge in [-0.1, -0.05) is 25.8 Å². The SMILES string of the molecule is CC(C)OCC(C)(C)NSC(C)C. The Morgan fingerprint density at radius 3 is 2.15 bits per heavy atom. The Morgan fingerprint density at radius 2 is 1.77 bits per heavy atom. The van der Waals surface area contributed by atoms with Crippen LogP contribution >= 0.6 is 11.9 Å². The molecule has 0 fully saturated rings. The fourth-order valence-corrected chi connectivity index (χ4v) is 1.30. The van der Waals surface area contributed by atoms with Crippen molar-refractivity contribution in [2.24, 2.45) is 0 Å². The van der Waals surface area contributed by atoms with Crippen LogP contribution < -0.4 is 4.72 Å². The van der Waals surface area contributed by atoms with E-state index >= 15 is 0 Å². The molecular formula is C10H23NOS. The zero-order valence-corrected chi connectivity index (χ0v) is 10.5. The Hall–Kier alpha value is 0.270. The first kappa shape index (κ1) is 13.3. The van der Waals surface area contributed by atoms with Crippen LogP contribution in [-0.4, -0.2) is 23.5 Å². The van der Waals surface area contributed by atoms with Crippen molar-refractivity contribution in [3.05, 3.63) is 0 Å². The quantitative estimate of drug-likeness (QED) is 0.674. The minimum absolute atomic E-state index is 0.0548. The van der Waals surface area contributed by atoms with Crippen molar-refractivity contribution in [2.45, 2.75) is 58.4 Å². The minimum atomic E-state index is 0.0548. The predicted molar refractivity (Wildman–Crippen MR) is 61.0 cm³/mol. The van der Waals surface area contributed by atoms with Crippen LogP contribution in [0.1, 0.15) is 41.5 Å². The van der Waals surface area contributed by atoms with E-state index in [-0.39, 0.29) is 5.54 Å². The van der Waals surface area contributed by atoms with E-state index in [4.69, 9.17) is 4.74 Å². The Kier molecular flexibility index (Phi) is 6.01. The molecule has 0 bridgehead atoms. The van der Waals surface area contributed by atoms with Crippen LogP contribution in [0.2, 0.25) is 0 Å². The molecule has 0 aliphatic heterocycles. The smallest absolute Gasteiger partial charge is 0.0654 e. The van der Waals surface area contributed by atoms with Gasteiger partial charge in [0.25, 0.3) is 0 Å². The summed E-state index contributed by atoms with van der Waals surface area (Å²) in [4.78, 5) is 0. The standard InChI is InChI=1S/C10H23NOS/c1-8(2)12-7-10(5,6)11-13-9(3)4/h8-9,11H,7H2,1-6H3. The number of ether oxygens (including phenoxy) is 1. The lowest BCUT2D eigenvalue weighted by Crippen LogP contribution is -2.40. The lowest BCUT2D eigenvalue weighted by Gasteiger charge is -2.27. The van der Waals surface area contributed by atoms with Gasteiger partial charge in [0.1, 0.15) is 0 Å². The highest BCUT2D eigenvalue weighted by Gasteiger charge is 2.18. The third-order valence-corrected chi connectivity index (χ3v) is 2.49. The van der Waals surface area contributed by atoms with E-state index in [1.807, 2.05) is 0 Å². The van der Waals surface area contributed by atoms with Gasteiger partial charge in [-0.2, -0.15) is 0 Å². The van der Waals surface area contributed by atoms with Gasteiger partial charge in [0.15, 0.2) is 0 Å². The molecule has 0 aliphatic carbocycles. The largest absolute Gasteiger partial charge is 0.377 e. The van der Waals surface area contributed by atoms with Crippen LogP contribution in [0.4, 0.5) is 0 Å². The van der Waals surface area contributed by atoms with Crippen molar-refractivity contribution < 1.29 is 4.74 Å². The highest BCUT2D eigenvalue weighted by Crippen LogP contribution is 2.13. The lowest BCUT2D eigenvalue weighted by molar-refractivity contribution is 0.0459. The number of rotatable bonds is 6. The molecule has 3 heteroatoms. The van der Waals surface area contributed by atoms with Crippen molar-refractivity contribution in [2.75, 3.05) is 6.61 Å². The molecule has 2 nitrogen and oxygen atoms in total. The van der Waals surface area contributed by atoms with E-state index in [2.05, 4.69) is 46.3 Å². The highest BCUT2D eigenvalue weighted by atomic mass is 32.2. The van der Waals surface area contributed by atoms with Crippen LogP contribution in [0.25, 0.3) is 0 Å². The molecule has 0 aromatic rings. The van der Waals surface area contributed by atoms with Gasteiger partial charge < -0.3 is 4.74 Å². The Balaban J connectivity index is 3.66. The summed E-state index contributed by atoms with van der Waals surface area (Å²) in [6, 6.07) is 0. The molecule has 0 unspecified atom stereocenters. The molecule has 0 heterocycles. The molecule has 0 saturated carbocycles. The zero-order valence-electron chi connectivity index (χ0n) is 9.68. The van der Waals surface area contributed by atoms with Crippen molar-refractivity contribution in [3.8, 4) is 0 Å². The molecule has 1 N–H and O–H groups in total. The second kappa shape index (κ2) is 5.89. The van der Waals surface area contributed by atoms with E-state index in [0.717, 1.165) is 6.61 Å². The summed E-state index contributed by atoms with van der Waals surface area (Å²) in [5.41, 5.74) is 0.0548. The summed E-state index contributed by atoms with van der Waals surface area (Å²) < 4.78 is 8.97. The average molecular weight is 205 g/mol. The molecule has 0 aromatic carbocycles. The molecule has 0 aromatic heterocycles. The van der Waals surface area contributed by atoms with Gasteiger partial charge >= 0.3 is 0 Å². The topological polar surface area (TPSA) is 21.3 Å². The summed E-state index contributed by atoms with van der Waals surface area (Å²) in [6.45, 7) is 13.5. The minimum Gasteiger partial charge on any atom is -0.377 e. The van der Waals surface area contributed by atoms with E-state index < -0.39 is 0 Å². The zero-order chi connectivity index (χ0) is 10.5. The summed E-state index contributed by atoms with van der Waals surface area (Å²) >= 11 is 1.76. The Morgan fingerprint density at radius 1 is 1.23 bits per heavy atom. The first-order valence-electron chi connectivity index (χ1n) is 4.88. The van der Waals surface area contributed by atoms with Gasteiger partial charge in [-0.25, -0.2) is 0 Å². The van der Waals surface area contributed by atoms with Gasteiger partial charge in [-0.15, -0.1) is 0 Å². The van der Waals surface area contributed by atoms with Gasteiger partial charge in [-0.3, -0.25) is 4.72 Å². The molecule has 80 valence electrons. The molecule has 0 aliphatic rings. The van der Waals surface area contributed by atoms with Crippen molar-refractivity contribution in [1.29, 1.82) is 0 Å². The Bertz CT molecular complexity index is 121. The van der Waals surface area contributed by atoms with Gasteiger partial charge in [-0.05, 0) is 27.7 Å². The van der Waals surface area contributed by atoms with E-state index in [9.17, 15) is 0 Å². The second-order valence-corrected chi connectivity index (χ2v) is 5.89. The number of hydrogen-bond donors (Lipinski definition) is 1. The monoisotopic (exact) mass is 205 g/mol. The molecule has 0 spiro atoms. The van der Waals surface area contributed by atoms with Crippen molar-refractivity contribution >= 4 is 11.9 Å². The second-order valence-electron chi connectivity index (χ2n) is 4.51. The first-order chi connectivity index (χ1) is 5.83. The number of hydrogen-bond acceptors (Lipinski definition) is 3. The number of nitrogens with one attached hydrogen (secondary N) is 1. The van der Waals surface area contributed by atoms with Gasteiger partial charge in [0.2, 0.25) is 0 Å². The average Bonchev–Trinajstić information content (AvgIpc) is 1.98. The maximum atomic E-state index is 5.56. The van der Waals surface area contributed by atoms with Crippen LogP contribution in [-0.2, 0) is 4.74 Å². The summed E-state index contributed by atoms with van der Waals surface area (Å²) in [5, 5.41) is 0.610. The van der Waals surface area contributed by atoms with Crippen LogP contribution in [0.15, 0.2) is 0 Å². The fourth-order valence-electron chi connectivity index (χ4n) is 0.682. The highest BCUT2D eigenvalue weighted by molar-refractivity contribution is 7.98.